The van der Waals surface area contributed by atoms with Gasteiger partial charge in [-0.05, 0) is 57.8 Å². The van der Waals surface area contributed by atoms with Crippen molar-refractivity contribution in [2.75, 3.05) is 13.2 Å². The van der Waals surface area contributed by atoms with Crippen LogP contribution in [0.2, 0.25) is 0 Å². The Balaban J connectivity index is 4.00. The first-order valence-electron chi connectivity index (χ1n) is 30.1. The Hall–Kier alpha value is -2.63. The van der Waals surface area contributed by atoms with Crippen LogP contribution in [0.25, 0.3) is 0 Å². The van der Waals surface area contributed by atoms with E-state index in [1.54, 1.807) is 0 Å². The van der Waals surface area contributed by atoms with Crippen LogP contribution >= 0.6 is 0 Å². The van der Waals surface area contributed by atoms with Crippen molar-refractivity contribution in [2.45, 2.75) is 322 Å². The zero-order chi connectivity index (χ0) is 50.0. The molecule has 0 aliphatic rings. The fourth-order valence-corrected chi connectivity index (χ4v) is 8.85. The highest BCUT2D eigenvalue weighted by Crippen LogP contribution is 2.17. The molecule has 6 nitrogen and oxygen atoms in total. The summed E-state index contributed by atoms with van der Waals surface area (Å²) < 4.78 is 16.8. The van der Waals surface area contributed by atoms with Crippen molar-refractivity contribution in [2.24, 2.45) is 0 Å². The van der Waals surface area contributed by atoms with E-state index in [0.29, 0.717) is 19.3 Å². The molecule has 0 fully saturated rings. The number of ether oxygens (including phenoxy) is 3. The Morgan fingerprint density at radius 1 is 0.304 bits per heavy atom. The zero-order valence-electron chi connectivity index (χ0n) is 46.1. The Morgan fingerprint density at radius 3 is 0.884 bits per heavy atom. The first-order valence-corrected chi connectivity index (χ1v) is 30.1. The molecule has 402 valence electrons. The molecule has 0 rings (SSSR count). The standard InChI is InChI=1S/C63H114O6/c1-4-7-10-13-16-19-22-23-24-25-26-27-28-29-30-31-32-33-34-35-36-37-38-39-40-41-42-45-47-50-53-56-62(65)68-59-60(69-63(66)57-54-51-48-44-21-18-15-12-9-6-3)58-67-61(64)55-52-49-46-43-20-17-14-11-8-5-2/h7,10,16,19,23-24,26-27,60H,4-6,8-9,11-15,17-18,20-22,25,28-59H2,1-3H3/b10-7-,19-16-,24-23-,27-26-. The number of carbonyl (C=O) groups is 3. The van der Waals surface area contributed by atoms with Gasteiger partial charge in [0.15, 0.2) is 6.10 Å². The van der Waals surface area contributed by atoms with Crippen LogP contribution in [0.1, 0.15) is 316 Å². The largest absolute Gasteiger partial charge is 0.462 e. The molecule has 0 aliphatic heterocycles. The van der Waals surface area contributed by atoms with Gasteiger partial charge in [-0.1, -0.05) is 288 Å². The van der Waals surface area contributed by atoms with Gasteiger partial charge in [0.05, 0.1) is 0 Å². The first kappa shape index (κ1) is 66.4. The smallest absolute Gasteiger partial charge is 0.306 e. The summed E-state index contributed by atoms with van der Waals surface area (Å²) in [5, 5.41) is 0. The summed E-state index contributed by atoms with van der Waals surface area (Å²) in [6.07, 6.45) is 71.4. The van der Waals surface area contributed by atoms with E-state index in [1.807, 2.05) is 0 Å². The van der Waals surface area contributed by atoms with Crippen molar-refractivity contribution in [3.8, 4) is 0 Å². The van der Waals surface area contributed by atoms with Gasteiger partial charge in [0.2, 0.25) is 0 Å². The highest BCUT2D eigenvalue weighted by Gasteiger charge is 2.19. The van der Waals surface area contributed by atoms with Crippen LogP contribution in [0, 0.1) is 0 Å². The third-order valence-electron chi connectivity index (χ3n) is 13.3. The normalized spacial score (nSPS) is 12.3. The second kappa shape index (κ2) is 57.9. The van der Waals surface area contributed by atoms with E-state index in [1.165, 1.54) is 193 Å². The van der Waals surface area contributed by atoms with Crippen molar-refractivity contribution in [1.82, 2.24) is 0 Å². The Bertz CT molecular complexity index is 1200. The van der Waals surface area contributed by atoms with E-state index >= 15 is 0 Å². The van der Waals surface area contributed by atoms with Crippen molar-refractivity contribution in [3.63, 3.8) is 0 Å². The first-order chi connectivity index (χ1) is 34.0. The number of hydrogen-bond donors (Lipinski definition) is 0. The van der Waals surface area contributed by atoms with E-state index in [2.05, 4.69) is 69.4 Å². The van der Waals surface area contributed by atoms with Crippen molar-refractivity contribution < 1.29 is 28.6 Å². The topological polar surface area (TPSA) is 78.9 Å². The fraction of sp³-hybridized carbons (Fsp3) is 0.825. The minimum absolute atomic E-state index is 0.0665. The quantitative estimate of drug-likeness (QED) is 0.0262. The second-order valence-electron chi connectivity index (χ2n) is 20.2. The van der Waals surface area contributed by atoms with Crippen molar-refractivity contribution in [1.29, 1.82) is 0 Å². The number of rotatable bonds is 55. The fourth-order valence-electron chi connectivity index (χ4n) is 8.85. The van der Waals surface area contributed by atoms with Crippen LogP contribution < -0.4 is 0 Å². The van der Waals surface area contributed by atoms with Crippen molar-refractivity contribution in [3.05, 3.63) is 48.6 Å². The average Bonchev–Trinajstić information content (AvgIpc) is 3.35. The van der Waals surface area contributed by atoms with Gasteiger partial charge in [0.25, 0.3) is 0 Å². The minimum Gasteiger partial charge on any atom is -0.462 e. The molecular formula is C63H114O6. The van der Waals surface area contributed by atoms with Crippen LogP contribution in [0.15, 0.2) is 48.6 Å². The predicted octanol–water partition coefficient (Wildman–Crippen LogP) is 20.2. The van der Waals surface area contributed by atoms with Gasteiger partial charge in [-0.15, -0.1) is 0 Å². The SMILES string of the molecule is CC/C=C\C/C=C\C/C=C\C/C=C\CCCCCCCCCCCCCCCCCCCCC(=O)OCC(COC(=O)CCCCCCCCCCCC)OC(=O)CCCCCCCCCCCC. The number of hydrogen-bond acceptors (Lipinski definition) is 6. The summed E-state index contributed by atoms with van der Waals surface area (Å²) in [7, 11) is 0. The Labute approximate surface area is 428 Å². The van der Waals surface area contributed by atoms with Crippen LogP contribution in [-0.4, -0.2) is 37.2 Å². The van der Waals surface area contributed by atoms with Gasteiger partial charge in [0, 0.05) is 19.3 Å². The van der Waals surface area contributed by atoms with Crippen LogP contribution in [0.5, 0.6) is 0 Å². The third-order valence-corrected chi connectivity index (χ3v) is 13.3. The molecule has 0 bridgehead atoms. The molecule has 0 amide bonds. The van der Waals surface area contributed by atoms with Crippen molar-refractivity contribution >= 4 is 17.9 Å². The molecule has 0 aromatic rings. The monoisotopic (exact) mass is 967 g/mol. The summed E-state index contributed by atoms with van der Waals surface area (Å²) in [5.41, 5.74) is 0. The maximum absolute atomic E-state index is 12.8. The Kier molecular flexibility index (Phi) is 55.7. The van der Waals surface area contributed by atoms with E-state index in [0.717, 1.165) is 83.5 Å². The minimum atomic E-state index is -0.764. The predicted molar refractivity (Wildman–Crippen MR) is 298 cm³/mol. The molecule has 0 aliphatic carbocycles. The lowest BCUT2D eigenvalue weighted by Crippen LogP contribution is -2.30. The lowest BCUT2D eigenvalue weighted by molar-refractivity contribution is -0.167. The summed E-state index contributed by atoms with van der Waals surface area (Å²) in [6.45, 7) is 6.53. The van der Waals surface area contributed by atoms with Gasteiger partial charge in [0.1, 0.15) is 13.2 Å². The number of esters is 3. The summed E-state index contributed by atoms with van der Waals surface area (Å²) >= 11 is 0. The molecule has 0 saturated carbocycles. The highest BCUT2D eigenvalue weighted by atomic mass is 16.6. The third kappa shape index (κ3) is 56.2. The van der Waals surface area contributed by atoms with Crippen LogP contribution in [-0.2, 0) is 28.6 Å². The van der Waals surface area contributed by atoms with Gasteiger partial charge in [-0.25, -0.2) is 0 Å². The summed E-state index contributed by atoms with van der Waals surface area (Å²) in [4.78, 5) is 38.0. The van der Waals surface area contributed by atoms with E-state index in [-0.39, 0.29) is 31.1 Å². The average molecular weight is 968 g/mol. The molecule has 6 heteroatoms. The van der Waals surface area contributed by atoms with Gasteiger partial charge in [-0.3, -0.25) is 14.4 Å². The summed E-state index contributed by atoms with van der Waals surface area (Å²) in [5.74, 6) is -0.853. The lowest BCUT2D eigenvalue weighted by atomic mass is 10.0. The zero-order valence-corrected chi connectivity index (χ0v) is 46.1. The molecular weight excluding hydrogens is 853 g/mol. The maximum atomic E-state index is 12.8. The molecule has 0 radical (unpaired) electrons. The molecule has 0 N–H and O–H groups in total. The molecule has 0 spiro atoms. The molecule has 0 aromatic heterocycles. The van der Waals surface area contributed by atoms with Gasteiger partial charge in [-0.2, -0.15) is 0 Å². The van der Waals surface area contributed by atoms with E-state index < -0.39 is 6.10 Å². The van der Waals surface area contributed by atoms with E-state index in [9.17, 15) is 14.4 Å². The molecule has 1 atom stereocenters. The van der Waals surface area contributed by atoms with Gasteiger partial charge < -0.3 is 14.2 Å². The van der Waals surface area contributed by atoms with E-state index in [4.69, 9.17) is 14.2 Å². The lowest BCUT2D eigenvalue weighted by Gasteiger charge is -2.18. The number of unbranched alkanes of at least 4 members (excludes halogenated alkanes) is 36. The highest BCUT2D eigenvalue weighted by molar-refractivity contribution is 5.71. The Morgan fingerprint density at radius 2 is 0.565 bits per heavy atom. The molecule has 69 heavy (non-hydrogen) atoms. The second-order valence-corrected chi connectivity index (χ2v) is 20.2. The molecule has 0 saturated heterocycles. The number of carbonyl (C=O) groups excluding carboxylic acids is 3. The van der Waals surface area contributed by atoms with Gasteiger partial charge >= 0.3 is 17.9 Å². The number of allylic oxidation sites excluding steroid dienone is 8. The maximum Gasteiger partial charge on any atom is 0.306 e. The molecule has 0 aromatic carbocycles. The van der Waals surface area contributed by atoms with Crippen LogP contribution in [0.4, 0.5) is 0 Å². The van der Waals surface area contributed by atoms with Crippen LogP contribution in [0.3, 0.4) is 0 Å². The summed E-state index contributed by atoms with van der Waals surface area (Å²) in [6, 6.07) is 0. The molecule has 1 unspecified atom stereocenters. The molecule has 0 heterocycles.